The number of nitrogens with zero attached hydrogens (tertiary/aromatic N) is 2. The summed E-state index contributed by atoms with van der Waals surface area (Å²) in [6, 6.07) is 4.70. The zero-order chi connectivity index (χ0) is 18.6. The Balaban J connectivity index is 2.24. The maximum Gasteiger partial charge on any atom is 0.338 e. The molecule has 0 radical (unpaired) electrons. The lowest BCUT2D eigenvalue weighted by molar-refractivity contribution is 0.0437. The molecule has 0 aliphatic heterocycles. The highest BCUT2D eigenvalue weighted by molar-refractivity contribution is 7.89. The van der Waals surface area contributed by atoms with Crippen LogP contribution in [0.4, 0.5) is 4.39 Å². The average molecular weight is 370 g/mol. The lowest BCUT2D eigenvalue weighted by Crippen LogP contribution is -2.31. The molecule has 0 spiro atoms. The molecule has 1 heterocycles. The predicted molar refractivity (Wildman–Crippen MR) is 86.9 cm³/mol. The number of carbonyl (C=O) groups excluding carboxylic acids is 1. The minimum atomic E-state index is -4.03. The molecule has 0 atom stereocenters. The fraction of sp³-hybridized carbons (Fsp3) is 0.375. The minimum Gasteiger partial charge on any atom is -0.454 e. The van der Waals surface area contributed by atoms with Crippen molar-refractivity contribution >= 4 is 16.0 Å². The summed E-state index contributed by atoms with van der Waals surface area (Å²) in [5, 5.41) is 3.66. The number of halogens is 1. The maximum atomic E-state index is 14.0. The van der Waals surface area contributed by atoms with Gasteiger partial charge < -0.3 is 9.26 Å². The van der Waals surface area contributed by atoms with Gasteiger partial charge >= 0.3 is 5.97 Å². The predicted octanol–water partition coefficient (Wildman–Crippen LogP) is 2.51. The van der Waals surface area contributed by atoms with Crippen LogP contribution in [-0.2, 0) is 21.4 Å². The molecule has 0 N–H and O–H groups in total. The molecule has 2 aromatic rings. The average Bonchev–Trinajstić information content (AvgIpc) is 2.99. The third-order valence-corrected chi connectivity index (χ3v) is 5.58. The topological polar surface area (TPSA) is 89.7 Å². The van der Waals surface area contributed by atoms with Crippen molar-refractivity contribution in [1.29, 1.82) is 0 Å². The van der Waals surface area contributed by atoms with Gasteiger partial charge in [-0.3, -0.25) is 0 Å². The van der Waals surface area contributed by atoms with E-state index in [1.165, 1.54) is 6.07 Å². The number of esters is 1. The maximum absolute atomic E-state index is 14.0. The highest BCUT2D eigenvalue weighted by Gasteiger charge is 2.26. The van der Waals surface area contributed by atoms with Crippen LogP contribution in [0.3, 0.4) is 0 Å². The van der Waals surface area contributed by atoms with E-state index >= 15 is 0 Å². The van der Waals surface area contributed by atoms with Crippen molar-refractivity contribution in [3.63, 3.8) is 0 Å². The van der Waals surface area contributed by atoms with Crippen LogP contribution in [0.5, 0.6) is 0 Å². The Morgan fingerprint density at radius 3 is 2.52 bits per heavy atom. The lowest BCUT2D eigenvalue weighted by atomic mass is 10.2. The molecule has 2 rings (SSSR count). The van der Waals surface area contributed by atoms with Gasteiger partial charge in [0.25, 0.3) is 0 Å². The standard InChI is InChI=1S/C16H19FN2O5S/c1-4-19(5-2)25(21,22)15-9-12(6-7-14(15)17)16(20)23-10-13-8-11(3)18-24-13/h6-9H,4-5,10H2,1-3H3. The molecule has 0 bridgehead atoms. The van der Waals surface area contributed by atoms with Gasteiger partial charge in [-0.1, -0.05) is 19.0 Å². The number of hydrogen-bond acceptors (Lipinski definition) is 6. The first-order chi connectivity index (χ1) is 11.8. The summed E-state index contributed by atoms with van der Waals surface area (Å²) in [6.45, 7) is 5.25. The number of aryl methyl sites for hydroxylation is 1. The number of hydrogen-bond donors (Lipinski definition) is 0. The largest absolute Gasteiger partial charge is 0.454 e. The number of rotatable bonds is 7. The van der Waals surface area contributed by atoms with Crippen LogP contribution < -0.4 is 0 Å². The quantitative estimate of drug-likeness (QED) is 0.696. The Bertz CT molecular complexity index is 859. The molecule has 136 valence electrons. The first-order valence-electron chi connectivity index (χ1n) is 7.68. The SMILES string of the molecule is CCN(CC)S(=O)(=O)c1cc(C(=O)OCc2cc(C)no2)ccc1F. The van der Waals surface area contributed by atoms with E-state index in [4.69, 9.17) is 9.26 Å². The second-order valence-corrected chi connectivity index (χ2v) is 7.15. The van der Waals surface area contributed by atoms with E-state index in [1.54, 1.807) is 26.8 Å². The molecule has 1 aromatic carbocycles. The molecule has 0 aliphatic carbocycles. The van der Waals surface area contributed by atoms with Gasteiger partial charge in [-0.25, -0.2) is 17.6 Å². The fourth-order valence-corrected chi connectivity index (χ4v) is 3.78. The summed E-state index contributed by atoms with van der Waals surface area (Å²) in [7, 11) is -4.03. The van der Waals surface area contributed by atoms with Gasteiger partial charge in [-0.15, -0.1) is 0 Å². The molecule has 0 saturated carbocycles. The van der Waals surface area contributed by atoms with Crippen molar-refractivity contribution in [1.82, 2.24) is 9.46 Å². The zero-order valence-corrected chi connectivity index (χ0v) is 15.0. The molecule has 0 unspecified atom stereocenters. The molecule has 1 aromatic heterocycles. The van der Waals surface area contributed by atoms with Crippen LogP contribution in [-0.4, -0.2) is 36.9 Å². The van der Waals surface area contributed by atoms with Crippen molar-refractivity contribution < 1.29 is 26.9 Å². The van der Waals surface area contributed by atoms with Crippen LogP contribution in [0.2, 0.25) is 0 Å². The van der Waals surface area contributed by atoms with E-state index in [2.05, 4.69) is 5.16 Å². The van der Waals surface area contributed by atoms with Gasteiger partial charge in [-0.2, -0.15) is 4.31 Å². The summed E-state index contributed by atoms with van der Waals surface area (Å²) >= 11 is 0. The molecular weight excluding hydrogens is 351 g/mol. The van der Waals surface area contributed by atoms with Gasteiger partial charge in [-0.05, 0) is 25.1 Å². The smallest absolute Gasteiger partial charge is 0.338 e. The van der Waals surface area contributed by atoms with Gasteiger partial charge in [0.15, 0.2) is 12.4 Å². The second kappa shape index (κ2) is 7.75. The molecule has 25 heavy (non-hydrogen) atoms. The molecular formula is C16H19FN2O5S. The van der Waals surface area contributed by atoms with E-state index in [9.17, 15) is 17.6 Å². The van der Waals surface area contributed by atoms with Gasteiger partial charge in [0, 0.05) is 19.2 Å². The van der Waals surface area contributed by atoms with Crippen molar-refractivity contribution in [2.24, 2.45) is 0 Å². The molecule has 0 amide bonds. The Hall–Kier alpha value is -2.26. The summed E-state index contributed by atoms with van der Waals surface area (Å²) in [4.78, 5) is 11.6. The Morgan fingerprint density at radius 1 is 1.28 bits per heavy atom. The zero-order valence-electron chi connectivity index (χ0n) is 14.2. The number of ether oxygens (including phenoxy) is 1. The van der Waals surface area contributed by atoms with E-state index in [0.717, 1.165) is 16.4 Å². The van der Waals surface area contributed by atoms with Crippen LogP contribution >= 0.6 is 0 Å². The van der Waals surface area contributed by atoms with Crippen molar-refractivity contribution in [3.05, 3.63) is 47.1 Å². The third kappa shape index (κ3) is 4.23. The Kier molecular flexibility index (Phi) is 5.91. The van der Waals surface area contributed by atoms with E-state index in [0.29, 0.717) is 11.5 Å². The molecule has 7 nitrogen and oxygen atoms in total. The highest BCUT2D eigenvalue weighted by atomic mass is 32.2. The third-order valence-electron chi connectivity index (χ3n) is 3.51. The van der Waals surface area contributed by atoms with Crippen LogP contribution in [0.1, 0.15) is 35.7 Å². The number of sulfonamides is 1. The minimum absolute atomic E-state index is 0.0663. The highest BCUT2D eigenvalue weighted by Crippen LogP contribution is 2.21. The van der Waals surface area contributed by atoms with Gasteiger partial charge in [0.2, 0.25) is 10.0 Å². The molecule has 9 heteroatoms. The van der Waals surface area contributed by atoms with E-state index < -0.39 is 26.7 Å². The fourth-order valence-electron chi connectivity index (χ4n) is 2.23. The monoisotopic (exact) mass is 370 g/mol. The van der Waals surface area contributed by atoms with Crippen molar-refractivity contribution in [3.8, 4) is 0 Å². The van der Waals surface area contributed by atoms with Crippen LogP contribution in [0.25, 0.3) is 0 Å². The van der Waals surface area contributed by atoms with E-state index in [1.807, 2.05) is 0 Å². The normalized spacial score (nSPS) is 11.7. The van der Waals surface area contributed by atoms with Crippen LogP contribution in [0.15, 0.2) is 33.7 Å². The summed E-state index contributed by atoms with van der Waals surface area (Å²) in [5.41, 5.74) is 0.573. The molecule has 0 fully saturated rings. The summed E-state index contributed by atoms with van der Waals surface area (Å²) in [6.07, 6.45) is 0. The Morgan fingerprint density at radius 2 is 1.96 bits per heavy atom. The number of aromatic nitrogens is 1. The second-order valence-electron chi connectivity index (χ2n) is 5.25. The lowest BCUT2D eigenvalue weighted by Gasteiger charge is -2.19. The first-order valence-corrected chi connectivity index (χ1v) is 9.12. The van der Waals surface area contributed by atoms with Gasteiger partial charge in [0.1, 0.15) is 10.7 Å². The first kappa shape index (κ1) is 19.1. The number of benzene rings is 1. The Labute approximate surface area is 145 Å². The summed E-state index contributed by atoms with van der Waals surface area (Å²) < 4.78 is 50.1. The van der Waals surface area contributed by atoms with E-state index in [-0.39, 0.29) is 25.3 Å². The van der Waals surface area contributed by atoms with Crippen molar-refractivity contribution in [2.45, 2.75) is 32.3 Å². The number of carbonyl (C=O) groups is 1. The molecule has 0 saturated heterocycles. The van der Waals surface area contributed by atoms with Crippen molar-refractivity contribution in [2.75, 3.05) is 13.1 Å². The van der Waals surface area contributed by atoms with Crippen LogP contribution in [0, 0.1) is 12.7 Å². The van der Waals surface area contributed by atoms with Gasteiger partial charge in [0.05, 0.1) is 11.3 Å². The summed E-state index contributed by atoms with van der Waals surface area (Å²) in [5.74, 6) is -1.36. The molecule has 0 aliphatic rings.